The van der Waals surface area contributed by atoms with Gasteiger partial charge in [-0.2, -0.15) is 5.10 Å². The third kappa shape index (κ3) is 2.67. The van der Waals surface area contributed by atoms with Gasteiger partial charge in [-0.1, -0.05) is 31.5 Å². The van der Waals surface area contributed by atoms with E-state index >= 15 is 0 Å². The SMILES string of the molecule is CCc1cc(CC)n(Cc2cccnc2Cl)n1. The second-order valence-corrected chi connectivity index (χ2v) is 4.30. The lowest BCUT2D eigenvalue weighted by atomic mass is 10.2. The first kappa shape index (κ1) is 12.1. The van der Waals surface area contributed by atoms with Crippen molar-refractivity contribution in [3.8, 4) is 0 Å². The zero-order chi connectivity index (χ0) is 12.3. The molecule has 0 aromatic carbocycles. The number of hydrogen-bond donors (Lipinski definition) is 0. The highest BCUT2D eigenvalue weighted by Gasteiger charge is 2.08. The van der Waals surface area contributed by atoms with Crippen LogP contribution in [0.15, 0.2) is 24.4 Å². The molecule has 0 atom stereocenters. The van der Waals surface area contributed by atoms with E-state index in [1.54, 1.807) is 6.20 Å². The van der Waals surface area contributed by atoms with Crippen molar-refractivity contribution in [1.29, 1.82) is 0 Å². The summed E-state index contributed by atoms with van der Waals surface area (Å²) < 4.78 is 2.02. The van der Waals surface area contributed by atoms with Crippen LogP contribution < -0.4 is 0 Å². The van der Waals surface area contributed by atoms with Crippen molar-refractivity contribution < 1.29 is 0 Å². The number of nitrogens with zero attached hydrogens (tertiary/aromatic N) is 3. The summed E-state index contributed by atoms with van der Waals surface area (Å²) in [7, 11) is 0. The maximum atomic E-state index is 6.06. The first-order valence-electron chi connectivity index (χ1n) is 5.89. The lowest BCUT2D eigenvalue weighted by Gasteiger charge is -2.06. The molecule has 0 aliphatic carbocycles. The molecule has 3 nitrogen and oxygen atoms in total. The van der Waals surface area contributed by atoms with Gasteiger partial charge in [-0.25, -0.2) is 4.98 Å². The number of aryl methyl sites for hydroxylation is 2. The van der Waals surface area contributed by atoms with Crippen LogP contribution in [0.25, 0.3) is 0 Å². The van der Waals surface area contributed by atoms with Crippen LogP contribution in [-0.4, -0.2) is 14.8 Å². The largest absolute Gasteiger partial charge is 0.265 e. The molecular formula is C13H16ClN3. The molecule has 2 aromatic heterocycles. The molecule has 0 saturated carbocycles. The van der Waals surface area contributed by atoms with Gasteiger partial charge in [0.25, 0.3) is 0 Å². The molecule has 0 aliphatic heterocycles. The van der Waals surface area contributed by atoms with Gasteiger partial charge in [0.05, 0.1) is 12.2 Å². The minimum atomic E-state index is 0.558. The maximum absolute atomic E-state index is 6.06. The van der Waals surface area contributed by atoms with E-state index in [0.717, 1.165) is 24.1 Å². The summed E-state index contributed by atoms with van der Waals surface area (Å²) in [4.78, 5) is 4.08. The van der Waals surface area contributed by atoms with Crippen LogP contribution in [0.4, 0.5) is 0 Å². The molecule has 0 spiro atoms. The van der Waals surface area contributed by atoms with Gasteiger partial charge in [-0.15, -0.1) is 0 Å². The van der Waals surface area contributed by atoms with Gasteiger partial charge in [0.2, 0.25) is 0 Å². The predicted molar refractivity (Wildman–Crippen MR) is 69.3 cm³/mol. The first-order valence-corrected chi connectivity index (χ1v) is 6.27. The highest BCUT2D eigenvalue weighted by Crippen LogP contribution is 2.15. The van der Waals surface area contributed by atoms with Gasteiger partial charge in [-0.3, -0.25) is 4.68 Å². The summed E-state index contributed by atoms with van der Waals surface area (Å²) in [6.45, 7) is 4.94. The number of halogens is 1. The summed E-state index contributed by atoms with van der Waals surface area (Å²) in [5.74, 6) is 0. The Kier molecular flexibility index (Phi) is 3.79. The fraction of sp³-hybridized carbons (Fsp3) is 0.385. The molecule has 0 unspecified atom stereocenters. The van der Waals surface area contributed by atoms with E-state index in [2.05, 4.69) is 30.0 Å². The van der Waals surface area contributed by atoms with Crippen LogP contribution in [-0.2, 0) is 19.4 Å². The standard InChI is InChI=1S/C13H16ClN3/c1-3-11-8-12(4-2)17(16-11)9-10-6-5-7-15-13(10)14/h5-8H,3-4,9H2,1-2H3. The summed E-state index contributed by atoms with van der Waals surface area (Å²) in [6, 6.07) is 6.05. The van der Waals surface area contributed by atoms with Gasteiger partial charge in [-0.05, 0) is 25.0 Å². The van der Waals surface area contributed by atoms with Crippen molar-refractivity contribution in [3.63, 3.8) is 0 Å². The second kappa shape index (κ2) is 5.32. The average molecular weight is 250 g/mol. The zero-order valence-electron chi connectivity index (χ0n) is 10.2. The monoisotopic (exact) mass is 249 g/mol. The van der Waals surface area contributed by atoms with E-state index in [1.807, 2.05) is 16.8 Å². The third-order valence-corrected chi connectivity index (χ3v) is 3.14. The van der Waals surface area contributed by atoms with Gasteiger partial charge < -0.3 is 0 Å². The van der Waals surface area contributed by atoms with E-state index < -0.39 is 0 Å². The van der Waals surface area contributed by atoms with Crippen LogP contribution in [0.2, 0.25) is 5.15 Å². The third-order valence-electron chi connectivity index (χ3n) is 2.79. The van der Waals surface area contributed by atoms with Crippen molar-refractivity contribution in [2.75, 3.05) is 0 Å². The van der Waals surface area contributed by atoms with E-state index in [1.165, 1.54) is 5.69 Å². The summed E-state index contributed by atoms with van der Waals surface area (Å²) >= 11 is 6.06. The van der Waals surface area contributed by atoms with Crippen LogP contribution in [0.1, 0.15) is 30.8 Å². The Hall–Kier alpha value is -1.35. The molecule has 2 rings (SSSR count). The van der Waals surface area contributed by atoms with Crippen molar-refractivity contribution >= 4 is 11.6 Å². The van der Waals surface area contributed by atoms with E-state index in [0.29, 0.717) is 11.7 Å². The number of aromatic nitrogens is 3. The fourth-order valence-electron chi connectivity index (χ4n) is 1.81. The molecule has 0 saturated heterocycles. The summed E-state index contributed by atoms with van der Waals surface area (Å²) in [5, 5.41) is 5.12. The number of rotatable bonds is 4. The van der Waals surface area contributed by atoms with Crippen LogP contribution in [0.5, 0.6) is 0 Å². The Morgan fingerprint density at radius 2 is 2.12 bits per heavy atom. The second-order valence-electron chi connectivity index (χ2n) is 3.95. The van der Waals surface area contributed by atoms with Crippen molar-refractivity contribution in [2.24, 2.45) is 0 Å². The van der Waals surface area contributed by atoms with Crippen LogP contribution >= 0.6 is 11.6 Å². The summed E-state index contributed by atoms with van der Waals surface area (Å²) in [5.41, 5.74) is 3.37. The van der Waals surface area contributed by atoms with Crippen LogP contribution in [0, 0.1) is 0 Å². The van der Waals surface area contributed by atoms with Crippen molar-refractivity contribution in [1.82, 2.24) is 14.8 Å². The quantitative estimate of drug-likeness (QED) is 0.780. The maximum Gasteiger partial charge on any atom is 0.134 e. The molecule has 90 valence electrons. The Morgan fingerprint density at radius 1 is 1.29 bits per heavy atom. The number of hydrogen-bond acceptors (Lipinski definition) is 2. The Bertz CT molecular complexity index is 505. The molecule has 2 aromatic rings. The van der Waals surface area contributed by atoms with E-state index in [-0.39, 0.29) is 0 Å². The molecule has 4 heteroatoms. The predicted octanol–water partition coefficient (Wildman–Crippen LogP) is 3.10. The Morgan fingerprint density at radius 3 is 2.76 bits per heavy atom. The normalized spacial score (nSPS) is 10.8. The lowest BCUT2D eigenvalue weighted by molar-refractivity contribution is 0.639. The molecule has 0 amide bonds. The molecule has 17 heavy (non-hydrogen) atoms. The Balaban J connectivity index is 2.29. The molecule has 0 radical (unpaired) electrons. The smallest absolute Gasteiger partial charge is 0.134 e. The minimum Gasteiger partial charge on any atom is -0.265 e. The highest BCUT2D eigenvalue weighted by atomic mass is 35.5. The first-order chi connectivity index (χ1) is 8.24. The van der Waals surface area contributed by atoms with E-state index in [4.69, 9.17) is 11.6 Å². The highest BCUT2D eigenvalue weighted by molar-refractivity contribution is 6.30. The van der Waals surface area contributed by atoms with Crippen LogP contribution in [0.3, 0.4) is 0 Å². The number of pyridine rings is 1. The summed E-state index contributed by atoms with van der Waals surface area (Å²) in [6.07, 6.45) is 3.64. The zero-order valence-corrected chi connectivity index (χ0v) is 10.9. The average Bonchev–Trinajstić information content (AvgIpc) is 2.74. The lowest BCUT2D eigenvalue weighted by Crippen LogP contribution is -2.06. The topological polar surface area (TPSA) is 30.7 Å². The molecule has 0 bridgehead atoms. The van der Waals surface area contributed by atoms with E-state index in [9.17, 15) is 0 Å². The van der Waals surface area contributed by atoms with Crippen molar-refractivity contribution in [3.05, 3.63) is 46.5 Å². The molecule has 0 aliphatic rings. The molecule has 0 N–H and O–H groups in total. The molecule has 2 heterocycles. The fourth-order valence-corrected chi connectivity index (χ4v) is 1.99. The minimum absolute atomic E-state index is 0.558. The molecular weight excluding hydrogens is 234 g/mol. The van der Waals surface area contributed by atoms with Crippen molar-refractivity contribution in [2.45, 2.75) is 33.2 Å². The Labute approximate surface area is 106 Å². The molecule has 0 fully saturated rings. The van der Waals surface area contributed by atoms with Gasteiger partial charge in [0.15, 0.2) is 0 Å². The van der Waals surface area contributed by atoms with Gasteiger partial charge >= 0.3 is 0 Å². The van der Waals surface area contributed by atoms with Gasteiger partial charge in [0, 0.05) is 17.5 Å². The van der Waals surface area contributed by atoms with Gasteiger partial charge in [0.1, 0.15) is 5.15 Å².